The molecule has 2 amide bonds. The van der Waals surface area contributed by atoms with Gasteiger partial charge in [0, 0.05) is 35.9 Å². The lowest BCUT2D eigenvalue weighted by Gasteiger charge is -2.34. The molecule has 0 aromatic heterocycles. The van der Waals surface area contributed by atoms with E-state index in [1.165, 1.54) is 23.1 Å². The van der Waals surface area contributed by atoms with Gasteiger partial charge in [-0.15, -0.1) is 0 Å². The van der Waals surface area contributed by atoms with Gasteiger partial charge >= 0.3 is 0 Å². The second kappa shape index (κ2) is 7.64. The molecular weight excluding hydrogens is 381 g/mol. The number of amides is 2. The fraction of sp³-hybridized carbons (Fsp3) is 0.238. The summed E-state index contributed by atoms with van der Waals surface area (Å²) < 4.78 is 13.0. The van der Waals surface area contributed by atoms with Crippen LogP contribution in [0, 0.1) is 5.82 Å². The molecule has 0 saturated carbocycles. The number of anilines is 2. The topological polar surface area (TPSA) is 52.7 Å². The Morgan fingerprint density at radius 3 is 2.25 bits per heavy atom. The van der Waals surface area contributed by atoms with Gasteiger partial charge in [-0.25, -0.2) is 9.29 Å². The van der Waals surface area contributed by atoms with Crippen molar-refractivity contribution in [2.45, 2.75) is 18.9 Å². The van der Waals surface area contributed by atoms with Crippen LogP contribution >= 0.6 is 11.6 Å². The van der Waals surface area contributed by atoms with E-state index >= 15 is 0 Å². The van der Waals surface area contributed by atoms with Gasteiger partial charge in [-0.2, -0.15) is 0 Å². The Labute approximate surface area is 167 Å². The first-order valence-electron chi connectivity index (χ1n) is 9.14. The molecule has 4 rings (SSSR count). The van der Waals surface area contributed by atoms with Crippen molar-refractivity contribution in [2.24, 2.45) is 0 Å². The molecule has 0 atom stereocenters. The van der Waals surface area contributed by atoms with Crippen molar-refractivity contribution in [2.75, 3.05) is 23.3 Å². The van der Waals surface area contributed by atoms with Crippen LogP contribution in [0.25, 0.3) is 0 Å². The van der Waals surface area contributed by atoms with Crippen molar-refractivity contribution in [1.29, 1.82) is 0 Å². The van der Waals surface area contributed by atoms with Crippen LogP contribution < -0.4 is 10.2 Å². The van der Waals surface area contributed by atoms with Gasteiger partial charge in [0.2, 0.25) is 0 Å². The number of hydrogen-bond acceptors (Lipinski definition) is 4. The molecule has 2 heterocycles. The molecule has 0 aliphatic carbocycles. The van der Waals surface area contributed by atoms with Crippen LogP contribution in [0.5, 0.6) is 0 Å². The number of carbonyl (C=O) groups is 2. The second-order valence-electron chi connectivity index (χ2n) is 6.90. The third kappa shape index (κ3) is 3.73. The van der Waals surface area contributed by atoms with E-state index in [1.807, 2.05) is 4.90 Å². The monoisotopic (exact) mass is 399 g/mol. The van der Waals surface area contributed by atoms with Crippen molar-refractivity contribution in [3.05, 3.63) is 71.1 Å². The summed E-state index contributed by atoms with van der Waals surface area (Å²) in [5, 5.41) is 3.94. The minimum atomic E-state index is -0.339. The number of halogens is 2. The quantitative estimate of drug-likeness (QED) is 0.794. The second-order valence-corrected chi connectivity index (χ2v) is 7.33. The van der Waals surface area contributed by atoms with E-state index in [1.54, 1.807) is 36.4 Å². The third-order valence-corrected chi connectivity index (χ3v) is 5.29. The van der Waals surface area contributed by atoms with Crippen molar-refractivity contribution < 1.29 is 14.0 Å². The maximum atomic E-state index is 13.0. The number of rotatable bonds is 4. The lowest BCUT2D eigenvalue weighted by Crippen LogP contribution is -2.41. The first-order valence-corrected chi connectivity index (χ1v) is 9.52. The Bertz CT molecular complexity index is 920. The minimum Gasteiger partial charge on any atom is -0.382 e. The molecule has 2 aliphatic rings. The van der Waals surface area contributed by atoms with Crippen LogP contribution in [0.4, 0.5) is 15.8 Å². The molecule has 28 heavy (non-hydrogen) atoms. The highest BCUT2D eigenvalue weighted by Gasteiger charge is 2.36. The molecular formula is C21H19ClFN3O2. The molecule has 0 radical (unpaired) electrons. The van der Waals surface area contributed by atoms with E-state index in [9.17, 15) is 14.0 Å². The Kier molecular flexibility index (Phi) is 5.05. The van der Waals surface area contributed by atoms with Gasteiger partial charge in [-0.3, -0.25) is 9.59 Å². The summed E-state index contributed by atoms with van der Waals surface area (Å²) in [6.07, 6.45) is 3.04. The largest absolute Gasteiger partial charge is 0.382 e. The number of hydrogen-bond donors (Lipinski definition) is 1. The number of nitrogens with one attached hydrogen (secondary N) is 1. The van der Waals surface area contributed by atoms with Gasteiger partial charge in [-0.1, -0.05) is 11.6 Å². The summed E-state index contributed by atoms with van der Waals surface area (Å²) in [7, 11) is 0. The van der Waals surface area contributed by atoms with Crippen LogP contribution in [0.15, 0.2) is 60.3 Å². The zero-order chi connectivity index (χ0) is 19.7. The van der Waals surface area contributed by atoms with Crippen LogP contribution in [-0.2, 0) is 9.59 Å². The molecule has 5 nitrogen and oxygen atoms in total. The summed E-state index contributed by atoms with van der Waals surface area (Å²) in [5.74, 6) is -0.909. The van der Waals surface area contributed by atoms with E-state index in [-0.39, 0.29) is 23.7 Å². The van der Waals surface area contributed by atoms with E-state index in [0.717, 1.165) is 18.5 Å². The van der Waals surface area contributed by atoms with E-state index < -0.39 is 0 Å². The fourth-order valence-corrected chi connectivity index (χ4v) is 3.69. The molecule has 0 spiro atoms. The number of carbonyl (C=O) groups excluding carboxylic acids is 2. The van der Waals surface area contributed by atoms with Crippen LogP contribution in [-0.4, -0.2) is 35.8 Å². The smallest absolute Gasteiger partial charge is 0.281 e. The molecule has 2 aliphatic heterocycles. The predicted octanol–water partition coefficient (Wildman–Crippen LogP) is 3.81. The number of imide groups is 1. The number of piperidine rings is 1. The zero-order valence-corrected chi connectivity index (χ0v) is 15.8. The fourth-order valence-electron chi connectivity index (χ4n) is 3.57. The molecule has 144 valence electrons. The summed E-state index contributed by atoms with van der Waals surface area (Å²) in [6, 6.07) is 13.2. The SMILES string of the molecule is O=C1C=C(N2CCC(Nc3ccc(F)cc3)CC2)C(=O)N1c1ccc(Cl)cc1. The van der Waals surface area contributed by atoms with Crippen LogP contribution in [0.1, 0.15) is 12.8 Å². The van der Waals surface area contributed by atoms with Gasteiger partial charge in [0.1, 0.15) is 11.5 Å². The van der Waals surface area contributed by atoms with Crippen molar-refractivity contribution in [1.82, 2.24) is 4.90 Å². The Balaban J connectivity index is 1.38. The summed E-state index contributed by atoms with van der Waals surface area (Å²) in [5.41, 5.74) is 1.82. The summed E-state index contributed by atoms with van der Waals surface area (Å²) in [4.78, 5) is 28.3. The predicted molar refractivity (Wildman–Crippen MR) is 107 cm³/mol. The number of benzene rings is 2. The van der Waals surface area contributed by atoms with Gasteiger partial charge < -0.3 is 10.2 Å². The summed E-state index contributed by atoms with van der Waals surface area (Å²) >= 11 is 5.89. The van der Waals surface area contributed by atoms with Gasteiger partial charge in [0.15, 0.2) is 0 Å². The lowest BCUT2D eigenvalue weighted by molar-refractivity contribution is -0.121. The van der Waals surface area contributed by atoms with E-state index in [0.29, 0.717) is 29.5 Å². The van der Waals surface area contributed by atoms with Gasteiger partial charge in [0.25, 0.3) is 11.8 Å². The Morgan fingerprint density at radius 2 is 1.61 bits per heavy atom. The zero-order valence-electron chi connectivity index (χ0n) is 15.1. The highest BCUT2D eigenvalue weighted by molar-refractivity contribution is 6.32. The first-order chi connectivity index (χ1) is 13.5. The van der Waals surface area contributed by atoms with Gasteiger partial charge in [-0.05, 0) is 61.4 Å². The van der Waals surface area contributed by atoms with Crippen LogP contribution in [0.2, 0.25) is 5.02 Å². The van der Waals surface area contributed by atoms with E-state index in [4.69, 9.17) is 11.6 Å². The normalized spacial score (nSPS) is 17.9. The average molecular weight is 400 g/mol. The standard InChI is InChI=1S/C21H19ClFN3O2/c22-14-1-7-18(8-2-14)26-20(27)13-19(21(26)28)25-11-9-17(10-12-25)24-16-5-3-15(23)4-6-16/h1-8,13,17,24H,9-12H2. The molecule has 7 heteroatoms. The molecule has 1 saturated heterocycles. The molecule has 1 N–H and O–H groups in total. The van der Waals surface area contributed by atoms with Crippen molar-refractivity contribution >= 4 is 34.8 Å². The highest BCUT2D eigenvalue weighted by Crippen LogP contribution is 2.28. The van der Waals surface area contributed by atoms with Crippen LogP contribution in [0.3, 0.4) is 0 Å². The molecule has 0 unspecified atom stereocenters. The Morgan fingerprint density at radius 1 is 0.964 bits per heavy atom. The third-order valence-electron chi connectivity index (χ3n) is 5.04. The summed E-state index contributed by atoms with van der Waals surface area (Å²) in [6.45, 7) is 1.33. The van der Waals surface area contributed by atoms with Gasteiger partial charge in [0.05, 0.1) is 5.69 Å². The number of nitrogens with zero attached hydrogens (tertiary/aromatic N) is 2. The Hall–Kier alpha value is -2.86. The number of likely N-dealkylation sites (tertiary alicyclic amines) is 1. The molecule has 2 aromatic carbocycles. The molecule has 1 fully saturated rings. The lowest BCUT2D eigenvalue weighted by atomic mass is 10.0. The highest BCUT2D eigenvalue weighted by atomic mass is 35.5. The maximum absolute atomic E-state index is 13.0. The average Bonchev–Trinajstić information content (AvgIpc) is 2.99. The van der Waals surface area contributed by atoms with Crippen molar-refractivity contribution in [3.8, 4) is 0 Å². The van der Waals surface area contributed by atoms with E-state index in [2.05, 4.69) is 5.32 Å². The maximum Gasteiger partial charge on any atom is 0.281 e. The first kappa shape index (κ1) is 18.5. The van der Waals surface area contributed by atoms with Crippen molar-refractivity contribution in [3.63, 3.8) is 0 Å². The molecule has 0 bridgehead atoms. The molecule has 2 aromatic rings. The minimum absolute atomic E-state index is 0.238.